The zero-order chi connectivity index (χ0) is 16.0. The molecule has 6 nitrogen and oxygen atoms in total. The summed E-state index contributed by atoms with van der Waals surface area (Å²) in [5.74, 6) is -2.49. The van der Waals surface area contributed by atoms with Gasteiger partial charge in [0.2, 0.25) is 10.0 Å². The van der Waals surface area contributed by atoms with Gasteiger partial charge >= 0.3 is 5.97 Å². The van der Waals surface area contributed by atoms with Gasteiger partial charge in [0.1, 0.15) is 11.9 Å². The molecule has 1 aromatic rings. The largest absolute Gasteiger partial charge is 0.480 e. The molecule has 8 heteroatoms. The zero-order valence-corrected chi connectivity index (χ0v) is 12.2. The van der Waals surface area contributed by atoms with Crippen LogP contribution in [0.15, 0.2) is 18.2 Å². The predicted molar refractivity (Wildman–Crippen MR) is 73.2 cm³/mol. The van der Waals surface area contributed by atoms with Crippen molar-refractivity contribution in [3.05, 3.63) is 35.1 Å². The summed E-state index contributed by atoms with van der Waals surface area (Å²) in [6.45, 7) is 1.73. The van der Waals surface area contributed by atoms with Crippen molar-refractivity contribution in [2.24, 2.45) is 0 Å². The van der Waals surface area contributed by atoms with Gasteiger partial charge in [0.25, 0.3) is 0 Å². The molecule has 0 saturated carbocycles. The molecule has 0 amide bonds. The Hall–Kier alpha value is -1.98. The van der Waals surface area contributed by atoms with Gasteiger partial charge in [0.05, 0.1) is 17.4 Å². The lowest BCUT2D eigenvalue weighted by Crippen LogP contribution is -2.41. The fourth-order valence-electron chi connectivity index (χ4n) is 1.76. The number of benzene rings is 1. The van der Waals surface area contributed by atoms with Crippen molar-refractivity contribution in [2.45, 2.75) is 31.6 Å². The minimum atomic E-state index is -3.95. The fraction of sp³-hybridized carbons (Fsp3) is 0.385. The molecule has 0 heterocycles. The summed E-state index contributed by atoms with van der Waals surface area (Å²) in [5.41, 5.74) is 0.0229. The number of nitriles is 1. The molecule has 0 aliphatic rings. The summed E-state index contributed by atoms with van der Waals surface area (Å²) < 4.78 is 39.0. The topological polar surface area (TPSA) is 107 Å². The van der Waals surface area contributed by atoms with E-state index in [1.165, 1.54) is 6.07 Å². The van der Waals surface area contributed by atoms with Crippen LogP contribution in [0.4, 0.5) is 4.39 Å². The summed E-state index contributed by atoms with van der Waals surface area (Å²) in [6, 6.07) is 3.68. The molecule has 1 atom stereocenters. The Morgan fingerprint density at radius 3 is 2.71 bits per heavy atom. The molecule has 21 heavy (non-hydrogen) atoms. The Balaban J connectivity index is 2.95. The van der Waals surface area contributed by atoms with Crippen molar-refractivity contribution in [3.8, 4) is 6.07 Å². The normalized spacial score (nSPS) is 12.6. The number of nitrogens with one attached hydrogen (secondary N) is 1. The third kappa shape index (κ3) is 5.13. The van der Waals surface area contributed by atoms with Gasteiger partial charge in [-0.05, 0) is 24.1 Å². The van der Waals surface area contributed by atoms with Crippen molar-refractivity contribution in [2.75, 3.05) is 0 Å². The molecular formula is C13H15FN2O4S. The highest BCUT2D eigenvalue weighted by Crippen LogP contribution is 2.14. The highest BCUT2D eigenvalue weighted by atomic mass is 32.2. The maximum atomic E-state index is 13.0. The Morgan fingerprint density at radius 2 is 2.19 bits per heavy atom. The van der Waals surface area contributed by atoms with Gasteiger partial charge < -0.3 is 5.11 Å². The van der Waals surface area contributed by atoms with Crippen LogP contribution < -0.4 is 4.72 Å². The van der Waals surface area contributed by atoms with Crippen molar-refractivity contribution < 1.29 is 22.7 Å². The lowest BCUT2D eigenvalue weighted by Gasteiger charge is -2.14. The molecule has 1 aromatic carbocycles. The molecule has 2 N–H and O–H groups in total. The van der Waals surface area contributed by atoms with Crippen molar-refractivity contribution in [1.82, 2.24) is 4.72 Å². The average molecular weight is 314 g/mol. The first kappa shape index (κ1) is 17.1. The smallest absolute Gasteiger partial charge is 0.321 e. The average Bonchev–Trinajstić information content (AvgIpc) is 2.39. The van der Waals surface area contributed by atoms with E-state index in [1.807, 2.05) is 0 Å². The first-order chi connectivity index (χ1) is 9.79. The monoisotopic (exact) mass is 314 g/mol. The highest BCUT2D eigenvalue weighted by Gasteiger charge is 2.24. The van der Waals surface area contributed by atoms with E-state index in [-0.39, 0.29) is 17.5 Å². The Morgan fingerprint density at radius 1 is 1.52 bits per heavy atom. The number of sulfonamides is 1. The summed E-state index contributed by atoms with van der Waals surface area (Å²) in [7, 11) is -3.95. The van der Waals surface area contributed by atoms with Crippen LogP contribution in [-0.2, 0) is 20.6 Å². The molecule has 0 aromatic heterocycles. The van der Waals surface area contributed by atoms with E-state index in [4.69, 9.17) is 10.4 Å². The van der Waals surface area contributed by atoms with Crippen molar-refractivity contribution in [3.63, 3.8) is 0 Å². The molecule has 0 radical (unpaired) electrons. The van der Waals surface area contributed by atoms with Crippen LogP contribution in [0.3, 0.4) is 0 Å². The van der Waals surface area contributed by atoms with Gasteiger partial charge in [-0.1, -0.05) is 19.4 Å². The summed E-state index contributed by atoms with van der Waals surface area (Å²) in [6.07, 6.45) is 0.655. The molecule has 0 spiro atoms. The molecule has 1 rings (SSSR count). The maximum absolute atomic E-state index is 13.0. The maximum Gasteiger partial charge on any atom is 0.321 e. The second kappa shape index (κ2) is 7.15. The number of carboxylic acids is 1. The third-order valence-electron chi connectivity index (χ3n) is 2.74. The van der Waals surface area contributed by atoms with Crippen molar-refractivity contribution in [1.29, 1.82) is 5.26 Å². The van der Waals surface area contributed by atoms with E-state index in [9.17, 15) is 17.6 Å². The Kier molecular flexibility index (Phi) is 5.81. The SMILES string of the molecule is CCCC(NS(=O)(=O)Cc1ccc(F)cc1C#N)C(=O)O. The zero-order valence-electron chi connectivity index (χ0n) is 11.3. The van der Waals surface area contributed by atoms with Crippen LogP contribution in [0, 0.1) is 17.1 Å². The predicted octanol–water partition coefficient (Wildman–Crippen LogP) is 1.37. The lowest BCUT2D eigenvalue weighted by molar-refractivity contribution is -0.139. The standard InChI is InChI=1S/C13H15FN2O4S/c1-2-3-12(13(17)18)16-21(19,20)8-9-4-5-11(14)6-10(9)7-15/h4-6,12,16H,2-3,8H2,1H3,(H,17,18). The van der Waals surface area contributed by atoms with E-state index in [2.05, 4.69) is 4.72 Å². The molecule has 0 fully saturated rings. The minimum absolute atomic E-state index is 0.0947. The summed E-state index contributed by atoms with van der Waals surface area (Å²) in [4.78, 5) is 11.0. The summed E-state index contributed by atoms with van der Waals surface area (Å²) in [5, 5.41) is 17.8. The Labute approximate surface area is 122 Å². The third-order valence-corrected chi connectivity index (χ3v) is 4.07. The van der Waals surface area contributed by atoms with E-state index in [0.29, 0.717) is 6.42 Å². The lowest BCUT2D eigenvalue weighted by atomic mass is 10.1. The van der Waals surface area contributed by atoms with Gasteiger partial charge in [-0.15, -0.1) is 0 Å². The van der Waals surface area contributed by atoms with Gasteiger partial charge in [0.15, 0.2) is 0 Å². The molecule has 1 unspecified atom stereocenters. The molecule has 114 valence electrons. The van der Waals surface area contributed by atoms with Gasteiger partial charge in [-0.2, -0.15) is 5.26 Å². The summed E-state index contributed by atoms with van der Waals surface area (Å²) >= 11 is 0. The molecule has 0 aliphatic heterocycles. The van der Waals surface area contributed by atoms with Crippen LogP contribution in [0.25, 0.3) is 0 Å². The van der Waals surface area contributed by atoms with Crippen LogP contribution in [0.5, 0.6) is 0 Å². The van der Waals surface area contributed by atoms with Gasteiger partial charge in [0, 0.05) is 0 Å². The fourth-order valence-corrected chi connectivity index (χ4v) is 3.16. The first-order valence-corrected chi connectivity index (χ1v) is 7.85. The minimum Gasteiger partial charge on any atom is -0.480 e. The Bertz CT molecular complexity index is 667. The van der Waals surface area contributed by atoms with Gasteiger partial charge in [-0.3, -0.25) is 4.79 Å². The van der Waals surface area contributed by atoms with E-state index in [1.54, 1.807) is 13.0 Å². The van der Waals surface area contributed by atoms with E-state index >= 15 is 0 Å². The number of rotatable bonds is 7. The van der Waals surface area contributed by atoms with Crippen LogP contribution >= 0.6 is 0 Å². The first-order valence-electron chi connectivity index (χ1n) is 6.20. The molecule has 0 aliphatic carbocycles. The number of hydrogen-bond acceptors (Lipinski definition) is 4. The highest BCUT2D eigenvalue weighted by molar-refractivity contribution is 7.88. The molecule has 0 bridgehead atoms. The second-order valence-corrected chi connectivity index (χ2v) is 6.22. The van der Waals surface area contributed by atoms with Crippen LogP contribution in [0.2, 0.25) is 0 Å². The van der Waals surface area contributed by atoms with E-state index in [0.717, 1.165) is 12.1 Å². The second-order valence-electron chi connectivity index (χ2n) is 4.47. The number of aliphatic carboxylic acids is 1. The van der Waals surface area contributed by atoms with E-state index < -0.39 is 33.6 Å². The van der Waals surface area contributed by atoms with Crippen LogP contribution in [0.1, 0.15) is 30.9 Å². The quantitative estimate of drug-likeness (QED) is 0.790. The van der Waals surface area contributed by atoms with Crippen molar-refractivity contribution >= 4 is 16.0 Å². The number of carboxylic acid groups (broad SMARTS) is 1. The molecule has 0 saturated heterocycles. The number of nitrogens with zero attached hydrogens (tertiary/aromatic N) is 1. The van der Waals surface area contributed by atoms with Crippen LogP contribution in [-0.4, -0.2) is 25.5 Å². The number of carbonyl (C=O) groups is 1. The molecular weight excluding hydrogens is 299 g/mol. The number of hydrogen-bond donors (Lipinski definition) is 2. The number of halogens is 1. The van der Waals surface area contributed by atoms with Gasteiger partial charge in [-0.25, -0.2) is 17.5 Å².